The Hall–Kier alpha value is -2.40. The van der Waals surface area contributed by atoms with Gasteiger partial charge < -0.3 is 14.4 Å². The number of rotatable bonds is 10. The van der Waals surface area contributed by atoms with Crippen LogP contribution in [0.3, 0.4) is 0 Å². The van der Waals surface area contributed by atoms with E-state index in [1.54, 1.807) is 0 Å². The molecule has 2 aliphatic rings. The fourth-order valence-electron chi connectivity index (χ4n) is 6.61. The van der Waals surface area contributed by atoms with Gasteiger partial charge >= 0.3 is 0 Å². The molecule has 4 atom stereocenters. The first-order valence-electron chi connectivity index (χ1n) is 17.9. The number of benzene rings is 2. The molecule has 2 fully saturated rings. The summed E-state index contributed by atoms with van der Waals surface area (Å²) in [5.41, 5.74) is 8.90. The Bertz CT molecular complexity index is 1240. The molecule has 0 aliphatic carbocycles. The van der Waals surface area contributed by atoms with Gasteiger partial charge in [0.2, 0.25) is 0 Å². The van der Waals surface area contributed by atoms with Gasteiger partial charge in [-0.15, -0.1) is 0 Å². The van der Waals surface area contributed by atoms with E-state index < -0.39 is 0 Å². The Balaban J connectivity index is 0.000000250. The van der Waals surface area contributed by atoms with Crippen molar-refractivity contribution in [2.45, 2.75) is 138 Å². The lowest BCUT2D eigenvalue weighted by molar-refractivity contribution is -0.0652. The molecular formula is C42H66N2O2. The van der Waals surface area contributed by atoms with Crippen molar-refractivity contribution in [3.8, 4) is 0 Å². The Morgan fingerprint density at radius 1 is 0.674 bits per heavy atom. The van der Waals surface area contributed by atoms with Crippen LogP contribution in [0.15, 0.2) is 65.9 Å². The zero-order valence-corrected chi connectivity index (χ0v) is 31.5. The predicted octanol–water partition coefficient (Wildman–Crippen LogP) is 9.82. The minimum atomic E-state index is 0.261. The summed E-state index contributed by atoms with van der Waals surface area (Å²) in [5, 5.41) is 0. The fraction of sp³-hybridized carbons (Fsp3) is 0.619. The van der Waals surface area contributed by atoms with Crippen LogP contribution in [-0.4, -0.2) is 66.9 Å². The zero-order chi connectivity index (χ0) is 34.1. The predicted molar refractivity (Wildman–Crippen MR) is 199 cm³/mol. The minimum absolute atomic E-state index is 0.261. The van der Waals surface area contributed by atoms with Gasteiger partial charge in [-0.1, -0.05) is 107 Å². The maximum atomic E-state index is 5.81. The van der Waals surface area contributed by atoms with E-state index in [0.29, 0.717) is 24.4 Å². The molecule has 0 N–H and O–H groups in total. The van der Waals surface area contributed by atoms with Crippen molar-refractivity contribution in [1.29, 1.82) is 0 Å². The molecule has 2 heterocycles. The molecular weight excluding hydrogens is 564 g/mol. The van der Waals surface area contributed by atoms with Crippen LogP contribution in [0, 0.1) is 0 Å². The molecule has 46 heavy (non-hydrogen) atoms. The average Bonchev–Trinajstić information content (AvgIpc) is 2.97. The molecule has 4 nitrogen and oxygen atoms in total. The van der Waals surface area contributed by atoms with Gasteiger partial charge in [0.15, 0.2) is 0 Å². The van der Waals surface area contributed by atoms with Crippen molar-refractivity contribution in [3.05, 3.63) is 88.1 Å². The van der Waals surface area contributed by atoms with Crippen LogP contribution in [0.25, 0.3) is 6.08 Å². The number of ether oxygens (including phenoxy) is 2. The van der Waals surface area contributed by atoms with Crippen LogP contribution in [-0.2, 0) is 26.7 Å². The van der Waals surface area contributed by atoms with E-state index in [1.165, 1.54) is 39.8 Å². The second kappa shape index (κ2) is 17.1. The van der Waals surface area contributed by atoms with Crippen molar-refractivity contribution >= 4 is 6.08 Å². The van der Waals surface area contributed by atoms with Gasteiger partial charge in [-0.3, -0.25) is 4.90 Å². The lowest BCUT2D eigenvalue weighted by Gasteiger charge is -2.35. The molecule has 0 spiro atoms. The Labute approximate surface area is 283 Å². The van der Waals surface area contributed by atoms with E-state index in [4.69, 9.17) is 9.47 Å². The fourth-order valence-corrected chi connectivity index (χ4v) is 6.61. The van der Waals surface area contributed by atoms with Crippen LogP contribution in [0.5, 0.6) is 0 Å². The first kappa shape index (κ1) is 38.1. The monoisotopic (exact) mass is 631 g/mol. The highest BCUT2D eigenvalue weighted by Gasteiger charge is 2.23. The number of morpholine rings is 2. The lowest BCUT2D eigenvalue weighted by atomic mass is 9.82. The maximum Gasteiger partial charge on any atom is 0.0726 e. The van der Waals surface area contributed by atoms with Crippen LogP contribution < -0.4 is 0 Å². The molecule has 2 aromatic carbocycles. The third-order valence-corrected chi connectivity index (χ3v) is 9.91. The normalized spacial score (nSPS) is 23.6. The number of hydrogen-bond acceptors (Lipinski definition) is 4. The zero-order valence-electron chi connectivity index (χ0n) is 31.5. The van der Waals surface area contributed by atoms with E-state index >= 15 is 0 Å². The SMILES string of the molecule is CCC(C)(C)c1ccc(/C=C(\C)CN2C[C@@H](C)O[C@@H](C)C2)cc1.CCC(C)(C)c1ccc(C/C(C)=C/N2C[C@@H](C)O[C@@H](C)C2)cc1. The molecule has 0 radical (unpaired) electrons. The Kier molecular flexibility index (Phi) is 14.2. The molecule has 2 aromatic rings. The molecule has 2 saturated heterocycles. The Morgan fingerprint density at radius 3 is 1.57 bits per heavy atom. The van der Waals surface area contributed by atoms with Crippen molar-refractivity contribution in [1.82, 2.24) is 9.80 Å². The van der Waals surface area contributed by atoms with E-state index in [-0.39, 0.29) is 10.8 Å². The van der Waals surface area contributed by atoms with E-state index in [9.17, 15) is 0 Å². The van der Waals surface area contributed by atoms with Gasteiger partial charge in [0, 0.05) is 32.7 Å². The minimum Gasteiger partial charge on any atom is -0.373 e. The van der Waals surface area contributed by atoms with Gasteiger partial charge in [0.05, 0.1) is 24.4 Å². The first-order valence-corrected chi connectivity index (χ1v) is 17.9. The molecule has 0 aromatic heterocycles. The molecule has 0 unspecified atom stereocenters. The van der Waals surface area contributed by atoms with Gasteiger partial charge in [-0.2, -0.15) is 0 Å². The summed E-state index contributed by atoms with van der Waals surface area (Å²) in [7, 11) is 0. The van der Waals surface area contributed by atoms with Crippen LogP contribution in [0.2, 0.25) is 0 Å². The number of hydrogen-bond donors (Lipinski definition) is 0. The Morgan fingerprint density at radius 2 is 1.11 bits per heavy atom. The summed E-state index contributed by atoms with van der Waals surface area (Å²) < 4.78 is 11.6. The second-order valence-electron chi connectivity index (χ2n) is 15.6. The van der Waals surface area contributed by atoms with Gasteiger partial charge in [-0.05, 0) is 100 Å². The van der Waals surface area contributed by atoms with Crippen molar-refractivity contribution in [2.75, 3.05) is 32.7 Å². The largest absolute Gasteiger partial charge is 0.373 e. The third kappa shape index (κ3) is 12.0. The van der Waals surface area contributed by atoms with Crippen LogP contribution in [0.1, 0.15) is 118 Å². The highest BCUT2D eigenvalue weighted by Crippen LogP contribution is 2.28. The quantitative estimate of drug-likeness (QED) is 0.261. The average molecular weight is 631 g/mol. The van der Waals surface area contributed by atoms with Crippen molar-refractivity contribution < 1.29 is 9.47 Å². The molecule has 0 saturated carbocycles. The first-order chi connectivity index (χ1) is 21.6. The lowest BCUT2D eigenvalue weighted by Crippen LogP contribution is -2.45. The standard InChI is InChI=1S/2C21H33NO/c2*1-7-21(5,6)20-10-8-19(9-11-20)12-16(2)13-22-14-17(3)23-18(4)15-22/h8-11,13,17-18H,7,12,14-15H2,1-6H3;8-12,17-18H,7,13-15H2,1-6H3/b16-13+;16-12+/t2*17-,18+. The molecule has 4 heteroatoms. The molecule has 256 valence electrons. The van der Waals surface area contributed by atoms with E-state index in [1.807, 2.05) is 0 Å². The third-order valence-electron chi connectivity index (χ3n) is 9.91. The summed E-state index contributed by atoms with van der Waals surface area (Å²) in [6.45, 7) is 31.9. The topological polar surface area (TPSA) is 24.9 Å². The maximum absolute atomic E-state index is 5.81. The highest BCUT2D eigenvalue weighted by atomic mass is 16.5. The summed E-state index contributed by atoms with van der Waals surface area (Å²) >= 11 is 0. The van der Waals surface area contributed by atoms with E-state index in [2.05, 4.69) is 154 Å². The van der Waals surface area contributed by atoms with Gasteiger partial charge in [0.25, 0.3) is 0 Å². The van der Waals surface area contributed by atoms with Crippen LogP contribution in [0.4, 0.5) is 0 Å². The number of nitrogens with zero attached hydrogens (tertiary/aromatic N) is 2. The van der Waals surface area contributed by atoms with Crippen molar-refractivity contribution in [3.63, 3.8) is 0 Å². The molecule has 0 amide bonds. The number of allylic oxidation sites excluding steroid dienone is 1. The van der Waals surface area contributed by atoms with Gasteiger partial charge in [-0.25, -0.2) is 0 Å². The summed E-state index contributed by atoms with van der Waals surface area (Å²) in [6.07, 6.45) is 9.29. The van der Waals surface area contributed by atoms with Crippen molar-refractivity contribution in [2.24, 2.45) is 0 Å². The second-order valence-corrected chi connectivity index (χ2v) is 15.6. The smallest absolute Gasteiger partial charge is 0.0726 e. The van der Waals surface area contributed by atoms with Gasteiger partial charge in [0.1, 0.15) is 0 Å². The molecule has 4 rings (SSSR count). The summed E-state index contributed by atoms with van der Waals surface area (Å²) in [5.74, 6) is 0. The molecule has 2 aliphatic heterocycles. The van der Waals surface area contributed by atoms with E-state index in [0.717, 1.165) is 45.6 Å². The van der Waals surface area contributed by atoms with Crippen LogP contribution >= 0.6 is 0 Å². The summed E-state index contributed by atoms with van der Waals surface area (Å²) in [6, 6.07) is 18.2. The highest BCUT2D eigenvalue weighted by molar-refractivity contribution is 5.53. The summed E-state index contributed by atoms with van der Waals surface area (Å²) in [4.78, 5) is 4.90. The molecule has 0 bridgehead atoms.